The Morgan fingerprint density at radius 1 is 1.11 bits per heavy atom. The molecule has 0 saturated carbocycles. The van der Waals surface area contributed by atoms with Crippen LogP contribution in [0.1, 0.15) is 65.0 Å². The highest BCUT2D eigenvalue weighted by Crippen LogP contribution is 2.32. The molecule has 1 N–H and O–H groups in total. The Kier molecular flexibility index (Phi) is 6.84. The number of fused-ring (bicyclic) bond motifs is 1. The molecule has 2 aliphatic heterocycles. The zero-order valence-corrected chi connectivity index (χ0v) is 20.8. The van der Waals surface area contributed by atoms with E-state index < -0.39 is 12.3 Å². The number of piperidine rings is 2. The summed E-state index contributed by atoms with van der Waals surface area (Å²) < 4.78 is 29.9. The van der Waals surface area contributed by atoms with E-state index in [1.165, 1.54) is 4.90 Å². The fourth-order valence-electron chi connectivity index (χ4n) is 5.98. The van der Waals surface area contributed by atoms with E-state index >= 15 is 0 Å². The molecule has 0 spiro atoms. The van der Waals surface area contributed by atoms with Crippen molar-refractivity contribution in [3.63, 3.8) is 0 Å². The minimum atomic E-state index is -1.39. The number of amides is 1. The first-order valence-electron chi connectivity index (χ1n) is 13.0. The van der Waals surface area contributed by atoms with Gasteiger partial charge in [0.15, 0.2) is 5.69 Å². The molecule has 1 aliphatic carbocycles. The second-order valence-electron chi connectivity index (χ2n) is 10.5. The van der Waals surface area contributed by atoms with Crippen LogP contribution in [0.2, 0.25) is 0 Å². The number of aryl methyl sites for hydroxylation is 1. The van der Waals surface area contributed by atoms with Crippen LogP contribution in [-0.2, 0) is 19.4 Å². The zero-order valence-electron chi connectivity index (χ0n) is 20.8. The van der Waals surface area contributed by atoms with Crippen molar-refractivity contribution < 1.29 is 18.7 Å². The summed E-state index contributed by atoms with van der Waals surface area (Å²) in [6.45, 7) is 6.86. The van der Waals surface area contributed by atoms with Crippen molar-refractivity contribution in [2.75, 3.05) is 31.1 Å². The van der Waals surface area contributed by atoms with Crippen molar-refractivity contribution in [1.82, 2.24) is 14.7 Å². The molecule has 35 heavy (non-hydrogen) atoms. The number of halogens is 2. The summed E-state index contributed by atoms with van der Waals surface area (Å²) in [5.41, 5.74) is 5.57. The number of carbonyl (C=O) groups excluding carboxylic acids is 1. The molecule has 8 heteroatoms. The molecule has 0 bridgehead atoms. The molecule has 1 amide bonds. The van der Waals surface area contributed by atoms with Crippen molar-refractivity contribution >= 4 is 11.6 Å². The summed E-state index contributed by atoms with van der Waals surface area (Å²) in [6.07, 6.45) is 3.87. The molecule has 0 radical (unpaired) electrons. The van der Waals surface area contributed by atoms with Crippen LogP contribution in [-0.4, -0.2) is 64.1 Å². The summed E-state index contributed by atoms with van der Waals surface area (Å²) in [4.78, 5) is 17.0. The fourth-order valence-corrected chi connectivity index (χ4v) is 5.98. The van der Waals surface area contributed by atoms with Crippen LogP contribution in [0.25, 0.3) is 0 Å². The number of anilines is 1. The summed E-state index contributed by atoms with van der Waals surface area (Å²) in [5.74, 6) is 0.243. The molecule has 2 saturated heterocycles. The number of benzene rings is 1. The number of hydrogen-bond donors (Lipinski definition) is 1. The van der Waals surface area contributed by atoms with Crippen molar-refractivity contribution in [2.24, 2.45) is 5.92 Å². The lowest BCUT2D eigenvalue weighted by Gasteiger charge is -2.35. The van der Waals surface area contributed by atoms with Crippen LogP contribution < -0.4 is 4.90 Å². The molecular formula is C27H36F2N4O2. The number of aliphatic hydroxyl groups is 1. The summed E-state index contributed by atoms with van der Waals surface area (Å²) in [6, 6.07) is 3.47. The number of nitrogens with zero attached hydrogens (tertiary/aromatic N) is 4. The molecule has 6 nitrogen and oxygen atoms in total. The monoisotopic (exact) mass is 486 g/mol. The Morgan fingerprint density at radius 2 is 1.89 bits per heavy atom. The summed E-state index contributed by atoms with van der Waals surface area (Å²) >= 11 is 0. The van der Waals surface area contributed by atoms with Gasteiger partial charge in [0.1, 0.15) is 12.0 Å². The van der Waals surface area contributed by atoms with E-state index in [-0.39, 0.29) is 24.7 Å². The molecule has 190 valence electrons. The highest BCUT2D eigenvalue weighted by Gasteiger charge is 2.34. The predicted molar refractivity (Wildman–Crippen MR) is 131 cm³/mol. The number of aromatic nitrogens is 2. The third-order valence-corrected chi connectivity index (χ3v) is 8.40. The van der Waals surface area contributed by atoms with Gasteiger partial charge in [0, 0.05) is 43.1 Å². The third-order valence-electron chi connectivity index (χ3n) is 8.40. The maximum atomic E-state index is 14.0. The second-order valence-corrected chi connectivity index (χ2v) is 10.5. The first-order valence-corrected chi connectivity index (χ1v) is 13.0. The average molecular weight is 487 g/mol. The van der Waals surface area contributed by atoms with Gasteiger partial charge in [0.2, 0.25) is 0 Å². The quantitative estimate of drug-likeness (QED) is 0.695. The molecule has 3 heterocycles. The van der Waals surface area contributed by atoms with Gasteiger partial charge in [-0.25, -0.2) is 8.78 Å². The molecule has 1 aromatic carbocycles. The largest absolute Gasteiger partial charge is 0.390 e. The van der Waals surface area contributed by atoms with Gasteiger partial charge in [-0.15, -0.1) is 0 Å². The van der Waals surface area contributed by atoms with Gasteiger partial charge in [-0.05, 0) is 88.0 Å². The number of aliphatic hydroxyl groups excluding tert-OH is 1. The van der Waals surface area contributed by atoms with Crippen LogP contribution in [0.5, 0.6) is 0 Å². The minimum absolute atomic E-state index is 0.0622. The Morgan fingerprint density at radius 3 is 2.63 bits per heavy atom. The van der Waals surface area contributed by atoms with E-state index in [4.69, 9.17) is 5.10 Å². The van der Waals surface area contributed by atoms with Gasteiger partial charge in [-0.1, -0.05) is 0 Å². The van der Waals surface area contributed by atoms with Crippen LogP contribution in [0, 0.1) is 25.6 Å². The fraction of sp³-hybridized carbons (Fsp3) is 0.630. The molecule has 1 unspecified atom stereocenters. The lowest BCUT2D eigenvalue weighted by molar-refractivity contribution is 0.00795. The van der Waals surface area contributed by atoms with Crippen molar-refractivity contribution in [1.29, 1.82) is 0 Å². The van der Waals surface area contributed by atoms with Gasteiger partial charge in [-0.3, -0.25) is 9.48 Å². The number of hydrogen-bond acceptors (Lipinski definition) is 4. The minimum Gasteiger partial charge on any atom is -0.390 e. The Bertz CT molecular complexity index is 1090. The Hall–Kier alpha value is -2.48. The van der Waals surface area contributed by atoms with Gasteiger partial charge < -0.3 is 14.9 Å². The SMILES string of the molecule is Cc1c(F)ccc(N2CCC(CCn3nc(C(=O)N4CCC(O)[C@@H](F)C4)c4c3CCC4)CC2)c1C. The maximum absolute atomic E-state index is 14.0. The summed E-state index contributed by atoms with van der Waals surface area (Å²) in [7, 11) is 0. The topological polar surface area (TPSA) is 61.6 Å². The number of rotatable bonds is 5. The lowest BCUT2D eigenvalue weighted by atomic mass is 9.92. The first-order chi connectivity index (χ1) is 16.8. The number of likely N-dealkylation sites (tertiary alicyclic amines) is 1. The van der Waals surface area contributed by atoms with E-state index in [1.807, 2.05) is 24.6 Å². The van der Waals surface area contributed by atoms with Crippen LogP contribution in [0.3, 0.4) is 0 Å². The predicted octanol–water partition coefficient (Wildman–Crippen LogP) is 3.98. The van der Waals surface area contributed by atoms with Crippen molar-refractivity contribution in [3.05, 3.63) is 46.0 Å². The van der Waals surface area contributed by atoms with E-state index in [0.29, 0.717) is 18.2 Å². The van der Waals surface area contributed by atoms with E-state index in [9.17, 15) is 18.7 Å². The molecule has 2 fully saturated rings. The van der Waals surface area contributed by atoms with Gasteiger partial charge in [-0.2, -0.15) is 5.10 Å². The average Bonchev–Trinajstić information content (AvgIpc) is 3.46. The van der Waals surface area contributed by atoms with Gasteiger partial charge in [0.05, 0.1) is 12.6 Å². The van der Waals surface area contributed by atoms with E-state index in [0.717, 1.165) is 86.2 Å². The highest BCUT2D eigenvalue weighted by atomic mass is 19.1. The van der Waals surface area contributed by atoms with Crippen LogP contribution in [0.15, 0.2) is 12.1 Å². The smallest absolute Gasteiger partial charge is 0.274 e. The third kappa shape index (κ3) is 4.69. The molecule has 2 aromatic rings. The molecular weight excluding hydrogens is 450 g/mol. The maximum Gasteiger partial charge on any atom is 0.274 e. The lowest BCUT2D eigenvalue weighted by Crippen LogP contribution is -2.47. The Labute approximate surface area is 205 Å². The molecule has 3 aliphatic rings. The standard InChI is InChI=1S/C27H36F2N4O2/c1-17-18(2)23(7-6-21(17)28)31-12-8-19(9-13-31)10-15-33-24-5-3-4-20(24)26(30-33)27(35)32-14-11-25(34)22(29)16-32/h6-7,19,22,25,34H,3-5,8-16H2,1-2H3/t22-,25?/m0/s1. The molecule has 5 rings (SSSR count). The van der Waals surface area contributed by atoms with Crippen LogP contribution >= 0.6 is 0 Å². The highest BCUT2D eigenvalue weighted by molar-refractivity contribution is 5.94. The number of carbonyl (C=O) groups is 1. The van der Waals surface area contributed by atoms with Crippen LogP contribution in [0.4, 0.5) is 14.5 Å². The second kappa shape index (κ2) is 9.88. The molecule has 2 atom stereocenters. The van der Waals surface area contributed by atoms with Gasteiger partial charge in [0.25, 0.3) is 5.91 Å². The van der Waals surface area contributed by atoms with E-state index in [2.05, 4.69) is 4.90 Å². The first kappa shape index (κ1) is 24.2. The number of alkyl halides is 1. The van der Waals surface area contributed by atoms with Gasteiger partial charge >= 0.3 is 0 Å². The van der Waals surface area contributed by atoms with Crippen molar-refractivity contribution in [2.45, 2.75) is 77.6 Å². The zero-order chi connectivity index (χ0) is 24.7. The van der Waals surface area contributed by atoms with Crippen molar-refractivity contribution in [3.8, 4) is 0 Å². The molecule has 1 aromatic heterocycles. The normalized spacial score (nSPS) is 23.1. The summed E-state index contributed by atoms with van der Waals surface area (Å²) in [5, 5.41) is 14.4. The van der Waals surface area contributed by atoms with E-state index in [1.54, 1.807) is 6.07 Å². The Balaban J connectivity index is 1.21.